The highest BCUT2D eigenvalue weighted by Crippen LogP contribution is 2.51. The third kappa shape index (κ3) is 2.43. The highest BCUT2D eigenvalue weighted by atomic mass is 16.7. The number of benzene rings is 3. The van der Waals surface area contributed by atoms with E-state index in [1.165, 1.54) is 20.3 Å². The molecule has 1 N–H and O–H groups in total. The molecule has 8 heteroatoms. The second kappa shape index (κ2) is 6.62. The van der Waals surface area contributed by atoms with Crippen LogP contribution >= 0.6 is 0 Å². The third-order valence-electron chi connectivity index (χ3n) is 5.38. The van der Waals surface area contributed by atoms with E-state index in [4.69, 9.17) is 28.4 Å². The molecule has 0 aromatic heterocycles. The zero-order chi connectivity index (χ0) is 21.0. The van der Waals surface area contributed by atoms with E-state index in [-0.39, 0.29) is 19.1 Å². The number of cyclic esters (lactones) is 1. The smallest absolute Gasteiger partial charge is 0.339 e. The molecule has 2 aliphatic rings. The fourth-order valence-corrected chi connectivity index (χ4v) is 4.05. The van der Waals surface area contributed by atoms with Crippen LogP contribution in [0.2, 0.25) is 0 Å². The molecular weight excluding hydrogens is 392 g/mol. The van der Waals surface area contributed by atoms with Crippen molar-refractivity contribution in [2.45, 2.75) is 6.61 Å². The molecule has 5 rings (SSSR count). The summed E-state index contributed by atoms with van der Waals surface area (Å²) in [7, 11) is 4.60. The van der Waals surface area contributed by atoms with Crippen LogP contribution in [0.4, 0.5) is 0 Å². The lowest BCUT2D eigenvalue weighted by atomic mass is 9.88. The summed E-state index contributed by atoms with van der Waals surface area (Å²) in [6.45, 7) is 0.132. The van der Waals surface area contributed by atoms with Gasteiger partial charge >= 0.3 is 5.97 Å². The van der Waals surface area contributed by atoms with Crippen LogP contribution in [0.25, 0.3) is 21.9 Å². The second-order valence-corrected chi connectivity index (χ2v) is 6.81. The number of phenols is 1. The molecule has 0 fully saturated rings. The minimum absolute atomic E-state index is 0.0533. The lowest BCUT2D eigenvalue weighted by Crippen LogP contribution is -2.02. The van der Waals surface area contributed by atoms with Crippen molar-refractivity contribution in [3.05, 3.63) is 35.4 Å². The molecule has 0 saturated heterocycles. The summed E-state index contributed by atoms with van der Waals surface area (Å²) in [5, 5.41) is 12.1. The molecule has 154 valence electrons. The number of esters is 1. The summed E-state index contributed by atoms with van der Waals surface area (Å²) >= 11 is 0. The van der Waals surface area contributed by atoms with Crippen LogP contribution in [0.1, 0.15) is 15.9 Å². The Morgan fingerprint density at radius 1 is 0.833 bits per heavy atom. The predicted molar refractivity (Wildman–Crippen MR) is 106 cm³/mol. The van der Waals surface area contributed by atoms with Gasteiger partial charge in [-0.15, -0.1) is 0 Å². The van der Waals surface area contributed by atoms with E-state index in [1.54, 1.807) is 25.3 Å². The van der Waals surface area contributed by atoms with Crippen LogP contribution < -0.4 is 23.7 Å². The molecular formula is C22H18O8. The van der Waals surface area contributed by atoms with Gasteiger partial charge in [0.25, 0.3) is 0 Å². The molecule has 0 radical (unpaired) electrons. The van der Waals surface area contributed by atoms with Gasteiger partial charge in [-0.3, -0.25) is 0 Å². The number of methoxy groups -OCH3 is 3. The normalized spacial score (nSPS) is 13.9. The van der Waals surface area contributed by atoms with Gasteiger partial charge in [-0.1, -0.05) is 0 Å². The number of ether oxygens (including phenoxy) is 6. The monoisotopic (exact) mass is 410 g/mol. The first-order valence-corrected chi connectivity index (χ1v) is 9.16. The van der Waals surface area contributed by atoms with Crippen LogP contribution in [-0.2, 0) is 11.3 Å². The Bertz CT molecular complexity index is 1210. The van der Waals surface area contributed by atoms with Crippen molar-refractivity contribution < 1.29 is 38.3 Å². The van der Waals surface area contributed by atoms with Crippen molar-refractivity contribution >= 4 is 16.7 Å². The number of carbonyl (C=O) groups excluding carboxylic acids is 1. The van der Waals surface area contributed by atoms with Crippen LogP contribution in [0, 0.1) is 0 Å². The molecule has 0 spiro atoms. The molecule has 0 aliphatic carbocycles. The molecule has 0 bridgehead atoms. The van der Waals surface area contributed by atoms with Crippen molar-refractivity contribution in [1.29, 1.82) is 0 Å². The van der Waals surface area contributed by atoms with E-state index < -0.39 is 5.97 Å². The van der Waals surface area contributed by atoms with Gasteiger partial charge in [-0.2, -0.15) is 0 Å². The van der Waals surface area contributed by atoms with E-state index in [9.17, 15) is 9.90 Å². The van der Waals surface area contributed by atoms with Gasteiger partial charge in [0, 0.05) is 28.1 Å². The Balaban J connectivity index is 1.94. The van der Waals surface area contributed by atoms with E-state index in [0.29, 0.717) is 61.8 Å². The lowest BCUT2D eigenvalue weighted by Gasteiger charge is -2.18. The van der Waals surface area contributed by atoms with Gasteiger partial charge in [0.2, 0.25) is 6.79 Å². The first-order valence-electron chi connectivity index (χ1n) is 9.16. The zero-order valence-electron chi connectivity index (χ0n) is 16.5. The third-order valence-corrected chi connectivity index (χ3v) is 5.38. The minimum atomic E-state index is -0.493. The summed E-state index contributed by atoms with van der Waals surface area (Å²) < 4.78 is 32.7. The van der Waals surface area contributed by atoms with Gasteiger partial charge in [-0.05, 0) is 23.6 Å². The number of phenolic OH excluding ortho intramolecular Hbond substituents is 1. The summed E-state index contributed by atoms with van der Waals surface area (Å²) in [5.74, 6) is 1.86. The molecule has 0 atom stereocenters. The molecule has 2 aliphatic heterocycles. The molecule has 8 nitrogen and oxygen atoms in total. The maximum atomic E-state index is 12.7. The second-order valence-electron chi connectivity index (χ2n) is 6.81. The average Bonchev–Trinajstić information content (AvgIpc) is 3.37. The Morgan fingerprint density at radius 3 is 2.17 bits per heavy atom. The number of hydrogen-bond donors (Lipinski definition) is 1. The molecule has 30 heavy (non-hydrogen) atoms. The van der Waals surface area contributed by atoms with Crippen LogP contribution in [0.3, 0.4) is 0 Å². The first-order chi connectivity index (χ1) is 14.6. The van der Waals surface area contributed by atoms with Gasteiger partial charge in [0.05, 0.1) is 26.9 Å². The van der Waals surface area contributed by atoms with Crippen molar-refractivity contribution in [3.8, 4) is 45.6 Å². The van der Waals surface area contributed by atoms with Crippen LogP contribution in [0.15, 0.2) is 24.3 Å². The SMILES string of the molecule is COc1cc2c(OC)c3c(c(-c4cc5c(cc4O)OCO5)c2cc1OC)C(=O)OC3. The molecule has 0 amide bonds. The van der Waals surface area contributed by atoms with Crippen LogP contribution in [0.5, 0.6) is 34.5 Å². The Morgan fingerprint density at radius 2 is 1.50 bits per heavy atom. The highest BCUT2D eigenvalue weighted by Gasteiger charge is 2.34. The summed E-state index contributed by atoms with van der Waals surface area (Å²) in [5.41, 5.74) is 1.85. The lowest BCUT2D eigenvalue weighted by molar-refractivity contribution is 0.0535. The quantitative estimate of drug-likeness (QED) is 0.652. The van der Waals surface area contributed by atoms with Crippen molar-refractivity contribution in [2.75, 3.05) is 28.1 Å². The van der Waals surface area contributed by atoms with E-state index in [0.717, 1.165) is 0 Å². The van der Waals surface area contributed by atoms with Gasteiger partial charge in [-0.25, -0.2) is 4.79 Å². The number of aromatic hydroxyl groups is 1. The van der Waals surface area contributed by atoms with Gasteiger partial charge in [0.15, 0.2) is 23.0 Å². The number of rotatable bonds is 4. The first kappa shape index (κ1) is 18.2. The van der Waals surface area contributed by atoms with Gasteiger partial charge in [0.1, 0.15) is 18.1 Å². The van der Waals surface area contributed by atoms with Crippen molar-refractivity contribution in [3.63, 3.8) is 0 Å². The standard InChI is InChI=1S/C22H18O8/c1-25-15-4-10-11(5-16(15)26-2)21(27-3)13-8-28-22(24)20(13)19(10)12-6-17-18(7-14(12)23)30-9-29-17/h4-7,23H,8-9H2,1-3H3. The fraction of sp³-hybridized carbons (Fsp3) is 0.227. The maximum Gasteiger partial charge on any atom is 0.339 e. The molecule has 0 saturated carbocycles. The Labute approximate surface area is 171 Å². The predicted octanol–water partition coefficient (Wildman–Crippen LogP) is 3.64. The maximum absolute atomic E-state index is 12.7. The largest absolute Gasteiger partial charge is 0.507 e. The van der Waals surface area contributed by atoms with E-state index in [1.807, 2.05) is 0 Å². The topological polar surface area (TPSA) is 92.7 Å². The average molecular weight is 410 g/mol. The van der Waals surface area contributed by atoms with Gasteiger partial charge < -0.3 is 33.5 Å². The summed E-state index contributed by atoms with van der Waals surface area (Å²) in [4.78, 5) is 12.7. The molecule has 0 unspecified atom stereocenters. The Kier molecular flexibility index (Phi) is 4.02. The van der Waals surface area contributed by atoms with E-state index >= 15 is 0 Å². The molecule has 3 aromatic rings. The van der Waals surface area contributed by atoms with Crippen molar-refractivity contribution in [2.24, 2.45) is 0 Å². The van der Waals surface area contributed by atoms with Crippen molar-refractivity contribution in [1.82, 2.24) is 0 Å². The fourth-order valence-electron chi connectivity index (χ4n) is 4.05. The summed E-state index contributed by atoms with van der Waals surface area (Å²) in [6.07, 6.45) is 0. The highest BCUT2D eigenvalue weighted by molar-refractivity contribution is 6.14. The van der Waals surface area contributed by atoms with Crippen LogP contribution in [-0.4, -0.2) is 39.2 Å². The number of fused-ring (bicyclic) bond motifs is 3. The minimum Gasteiger partial charge on any atom is -0.507 e. The van der Waals surface area contributed by atoms with E-state index in [2.05, 4.69) is 0 Å². The molecule has 2 heterocycles. The summed E-state index contributed by atoms with van der Waals surface area (Å²) in [6, 6.07) is 6.66. The number of hydrogen-bond acceptors (Lipinski definition) is 8. The zero-order valence-corrected chi connectivity index (χ0v) is 16.5. The molecule has 3 aromatic carbocycles. The Hall–Kier alpha value is -3.81. The number of carbonyl (C=O) groups is 1.